The van der Waals surface area contributed by atoms with Crippen LogP contribution < -0.4 is 4.74 Å². The second-order valence-corrected chi connectivity index (χ2v) is 22.7. The lowest BCUT2D eigenvalue weighted by molar-refractivity contribution is 0.415. The van der Waals surface area contributed by atoms with Crippen LogP contribution in [0, 0.1) is 0 Å². The molecule has 0 amide bonds. The number of methoxy groups -OCH3 is 1. The van der Waals surface area contributed by atoms with Gasteiger partial charge in [-0.15, -0.1) is 47.3 Å². The van der Waals surface area contributed by atoms with Crippen molar-refractivity contribution >= 4 is 181 Å². The van der Waals surface area contributed by atoms with Gasteiger partial charge in [0.2, 0.25) is 0 Å². The molecule has 0 saturated heterocycles. The standard InChI is InChI=1S/C29H18O2.C28H16O2.C2H6.BBr3/c1-30-18-11-12-22-23(14-18)20-8-4-5-9-21(20)24-15-26-28(16-25(22)24)31-27-13-10-17-6-2-3-7-19(17)29(26)27;29-17-10-11-21-22(13-17)19-7-3-4-8-20(19)23-14-25-27(15-24(21)23)30-26-12-9-16-5-1-2-6-18(16)28(25)26;1-2;2-1(3)4/h2-16H,1H3;1-15,29H;1-2H3;/i;;1D;. The van der Waals surface area contributed by atoms with E-state index < -0.39 is 0 Å². The smallest absolute Gasteiger partial charge is 0.369 e. The van der Waals surface area contributed by atoms with Crippen molar-refractivity contribution in [2.24, 2.45) is 0 Å². The molecule has 12 aromatic carbocycles. The lowest BCUT2D eigenvalue weighted by Gasteiger charge is -2.11. The molecule has 8 heteroatoms. The fraction of sp³-hybridized carbons (Fsp3) is 0.0508. The largest absolute Gasteiger partial charge is 0.508 e. The molecule has 0 spiro atoms. The minimum absolute atomic E-state index is 0.271. The minimum atomic E-state index is 0.271. The van der Waals surface area contributed by atoms with E-state index in [1.165, 1.54) is 75.4 Å². The van der Waals surface area contributed by atoms with Crippen LogP contribution in [0.2, 0.25) is 0 Å². The van der Waals surface area contributed by atoms with Gasteiger partial charge in [0.15, 0.2) is 0 Å². The van der Waals surface area contributed by atoms with Crippen molar-refractivity contribution in [3.63, 3.8) is 0 Å². The topological polar surface area (TPSA) is 55.7 Å². The van der Waals surface area contributed by atoms with Crippen LogP contribution in [0.4, 0.5) is 0 Å². The van der Waals surface area contributed by atoms with Crippen molar-refractivity contribution in [1.29, 1.82) is 0 Å². The van der Waals surface area contributed by atoms with E-state index in [-0.39, 0.29) is 8.93 Å². The Morgan fingerprint density at radius 1 is 0.403 bits per heavy atom. The number of phenols is 1. The lowest BCUT2D eigenvalue weighted by Crippen LogP contribution is -1.86. The maximum Gasteiger partial charge on any atom is 0.369 e. The molecule has 2 aromatic heterocycles. The van der Waals surface area contributed by atoms with Crippen molar-refractivity contribution in [3.05, 3.63) is 182 Å². The molecule has 0 aliphatic heterocycles. The summed E-state index contributed by atoms with van der Waals surface area (Å²) in [5, 5.41) is 33.8. The fourth-order valence-electron chi connectivity index (χ4n) is 10.1. The zero-order chi connectivity index (χ0) is 46.6. The third-order valence-corrected chi connectivity index (χ3v) is 12.8. The highest BCUT2D eigenvalue weighted by Crippen LogP contribution is 2.44. The summed E-state index contributed by atoms with van der Waals surface area (Å²) in [5.74, 6) is 1.15. The summed E-state index contributed by atoms with van der Waals surface area (Å²) in [7, 11) is 1.71. The Kier molecular flexibility index (Phi) is 11.0. The Balaban J connectivity index is 0.000000132. The molecule has 2 heterocycles. The molecule has 0 aliphatic rings. The van der Waals surface area contributed by atoms with Crippen LogP contribution in [0.25, 0.3) is 130 Å². The fourth-order valence-corrected chi connectivity index (χ4v) is 10.1. The molecule has 14 rings (SSSR count). The van der Waals surface area contributed by atoms with Gasteiger partial charge in [-0.05, 0) is 147 Å². The second-order valence-electron chi connectivity index (χ2n) is 16.3. The zero-order valence-corrected chi connectivity index (χ0v) is 41.2. The van der Waals surface area contributed by atoms with Gasteiger partial charge in [-0.3, -0.25) is 0 Å². The van der Waals surface area contributed by atoms with Gasteiger partial charge in [-0.1, -0.05) is 135 Å². The van der Waals surface area contributed by atoms with Crippen molar-refractivity contribution in [3.8, 4) is 11.5 Å². The van der Waals surface area contributed by atoms with E-state index in [4.69, 9.17) is 14.9 Å². The summed E-state index contributed by atoms with van der Waals surface area (Å²) in [6.07, 6.45) is 0. The summed E-state index contributed by atoms with van der Waals surface area (Å²) in [6.45, 7) is 2.29. The molecule has 0 aliphatic carbocycles. The van der Waals surface area contributed by atoms with Crippen LogP contribution in [-0.4, -0.2) is 15.4 Å². The molecular formula is C59H40BBr3O4. The average molecular weight is 1060 g/mol. The van der Waals surface area contributed by atoms with E-state index >= 15 is 0 Å². The Morgan fingerprint density at radius 2 is 0.761 bits per heavy atom. The predicted octanol–water partition coefficient (Wildman–Crippen LogP) is 19.3. The number of halogens is 3. The van der Waals surface area contributed by atoms with Crippen molar-refractivity contribution in [1.82, 2.24) is 0 Å². The Bertz CT molecular complexity index is 4280. The van der Waals surface area contributed by atoms with Crippen LogP contribution in [0.3, 0.4) is 0 Å². The van der Waals surface area contributed by atoms with E-state index in [1.807, 2.05) is 18.2 Å². The Morgan fingerprint density at radius 3 is 1.21 bits per heavy atom. The molecule has 0 bridgehead atoms. The van der Waals surface area contributed by atoms with E-state index in [2.05, 4.69) is 205 Å². The van der Waals surface area contributed by atoms with Crippen LogP contribution in [0.5, 0.6) is 11.5 Å². The van der Waals surface area contributed by atoms with E-state index in [9.17, 15) is 5.11 Å². The number of rotatable bonds is 1. The van der Waals surface area contributed by atoms with Gasteiger partial charge in [-0.25, -0.2) is 0 Å². The lowest BCUT2D eigenvalue weighted by atomic mass is 9.93. The van der Waals surface area contributed by atoms with Gasteiger partial charge < -0.3 is 18.7 Å². The highest BCUT2D eigenvalue weighted by atomic mass is 79.9. The maximum absolute atomic E-state index is 10.1. The summed E-state index contributed by atoms with van der Waals surface area (Å²) in [4.78, 5) is 0. The molecule has 4 nitrogen and oxygen atoms in total. The number of phenolic OH excluding ortho intramolecular Hbond substituents is 1. The number of aromatic hydroxyl groups is 1. The van der Waals surface area contributed by atoms with Crippen molar-refractivity contribution < 1.29 is 20.0 Å². The monoisotopic (exact) mass is 1060 g/mol. The molecule has 0 saturated carbocycles. The molecule has 1 N–H and O–H groups in total. The first-order chi connectivity index (χ1) is 33.2. The molecule has 0 radical (unpaired) electrons. The van der Waals surface area contributed by atoms with Crippen LogP contribution >= 0.6 is 47.3 Å². The summed E-state index contributed by atoms with van der Waals surface area (Å²) in [6, 6.07) is 63.3. The van der Waals surface area contributed by atoms with E-state index in [0.717, 1.165) is 60.4 Å². The molecule has 0 fully saturated rings. The summed E-state index contributed by atoms with van der Waals surface area (Å²) >= 11 is 9.31. The van der Waals surface area contributed by atoms with E-state index in [1.54, 1.807) is 20.1 Å². The minimum Gasteiger partial charge on any atom is -0.508 e. The number of fused-ring (bicyclic) bond motifs is 22. The predicted molar refractivity (Wildman–Crippen MR) is 300 cm³/mol. The molecule has 324 valence electrons. The van der Waals surface area contributed by atoms with Crippen LogP contribution in [0.15, 0.2) is 191 Å². The van der Waals surface area contributed by atoms with Gasteiger partial charge in [0.05, 0.1) is 7.11 Å². The summed E-state index contributed by atoms with van der Waals surface area (Å²) < 4.78 is 24.6. The molecule has 0 atom stereocenters. The van der Waals surface area contributed by atoms with Gasteiger partial charge in [0.1, 0.15) is 33.8 Å². The number of furan rings is 2. The molecular weight excluding hydrogens is 1020 g/mol. The quantitative estimate of drug-likeness (QED) is 0.131. The number of ether oxygens (including phenoxy) is 1. The van der Waals surface area contributed by atoms with Gasteiger partial charge in [0, 0.05) is 22.9 Å². The SMILES string of the molecule is BrB(Br)Br.COc1ccc2c(c1)c1ccccc1c1cc3c(cc21)oc1ccc2ccccc2c13.Oc1ccc2c(c1)c1ccccc1c1cc3c(cc21)oc1ccc2ccccc2c13.[2H]CC. The molecule has 0 unspecified atom stereocenters. The van der Waals surface area contributed by atoms with Crippen LogP contribution in [-0.2, 0) is 0 Å². The third-order valence-electron chi connectivity index (χ3n) is 12.8. The highest BCUT2D eigenvalue weighted by molar-refractivity contribution is 9.69. The Labute approximate surface area is 412 Å². The average Bonchev–Trinajstić information content (AvgIpc) is 3.93. The van der Waals surface area contributed by atoms with Gasteiger partial charge in [0.25, 0.3) is 0 Å². The number of hydrogen-bond donors (Lipinski definition) is 1. The normalized spacial score (nSPS) is 11.7. The third kappa shape index (κ3) is 7.34. The first-order valence-electron chi connectivity index (χ1n) is 22.6. The number of hydrogen-bond acceptors (Lipinski definition) is 4. The van der Waals surface area contributed by atoms with Crippen molar-refractivity contribution in [2.45, 2.75) is 13.8 Å². The van der Waals surface area contributed by atoms with Crippen LogP contribution in [0.1, 0.15) is 15.2 Å². The van der Waals surface area contributed by atoms with E-state index in [0.29, 0.717) is 6.90 Å². The highest BCUT2D eigenvalue weighted by Gasteiger charge is 2.18. The number of benzene rings is 12. The summed E-state index contributed by atoms with van der Waals surface area (Å²) in [5.41, 5.74) is 3.65. The van der Waals surface area contributed by atoms with Crippen molar-refractivity contribution in [2.75, 3.05) is 7.11 Å². The first kappa shape index (κ1) is 41.8. The van der Waals surface area contributed by atoms with Gasteiger partial charge >= 0.3 is 3.18 Å². The molecule has 14 aromatic rings. The zero-order valence-electron chi connectivity index (χ0n) is 37.4. The van der Waals surface area contributed by atoms with Gasteiger partial charge in [-0.2, -0.15) is 0 Å². The maximum atomic E-state index is 10.1. The second kappa shape index (κ2) is 17.6. The molecule has 67 heavy (non-hydrogen) atoms. The Hall–Kier alpha value is -6.58. The first-order valence-corrected chi connectivity index (χ1v) is 24.7.